The quantitative estimate of drug-likeness (QED) is 0.911. The molecule has 124 valence electrons. The van der Waals surface area contributed by atoms with Gasteiger partial charge in [-0.25, -0.2) is 4.39 Å². The Kier molecular flexibility index (Phi) is 4.61. The van der Waals surface area contributed by atoms with Crippen molar-refractivity contribution in [1.82, 2.24) is 4.90 Å². The van der Waals surface area contributed by atoms with Gasteiger partial charge in [-0.3, -0.25) is 9.59 Å². The van der Waals surface area contributed by atoms with Crippen LogP contribution in [-0.2, 0) is 9.53 Å². The van der Waals surface area contributed by atoms with Gasteiger partial charge < -0.3 is 15.0 Å². The minimum Gasteiger partial charge on any atom is -0.374 e. The van der Waals surface area contributed by atoms with Gasteiger partial charge in [0, 0.05) is 19.0 Å². The van der Waals surface area contributed by atoms with Crippen molar-refractivity contribution in [3.8, 4) is 0 Å². The standard InChI is InChI=1S/C17H21FN2O3/c1-11(21)19-14-10-12(6-7-13(14)18)17(22)20-8-9-23-16-5-3-2-4-15(16)20/h6-7,10,15-16H,2-5,8-9H2,1H3,(H,19,21)/t15-,16+/m1/s1. The Hall–Kier alpha value is -1.95. The van der Waals surface area contributed by atoms with E-state index in [0.29, 0.717) is 18.7 Å². The first-order valence-corrected chi connectivity index (χ1v) is 8.06. The molecule has 1 aliphatic heterocycles. The van der Waals surface area contributed by atoms with Gasteiger partial charge >= 0.3 is 0 Å². The zero-order chi connectivity index (χ0) is 16.4. The molecule has 1 aromatic carbocycles. The zero-order valence-electron chi connectivity index (χ0n) is 13.2. The number of anilines is 1. The van der Waals surface area contributed by atoms with Gasteiger partial charge in [0.2, 0.25) is 5.91 Å². The topological polar surface area (TPSA) is 58.6 Å². The number of morpholine rings is 1. The molecule has 5 nitrogen and oxygen atoms in total. The molecule has 2 fully saturated rings. The van der Waals surface area contributed by atoms with Crippen LogP contribution in [0.1, 0.15) is 43.0 Å². The Labute approximate surface area is 134 Å². The van der Waals surface area contributed by atoms with Crippen LogP contribution in [-0.4, -0.2) is 42.0 Å². The molecule has 1 saturated heterocycles. The smallest absolute Gasteiger partial charge is 0.254 e. The second kappa shape index (κ2) is 6.66. The Bertz CT molecular complexity index is 618. The van der Waals surface area contributed by atoms with Crippen LogP contribution in [0.5, 0.6) is 0 Å². The van der Waals surface area contributed by atoms with E-state index >= 15 is 0 Å². The van der Waals surface area contributed by atoms with E-state index in [9.17, 15) is 14.0 Å². The molecule has 0 bridgehead atoms. The van der Waals surface area contributed by atoms with Crippen LogP contribution in [0.2, 0.25) is 0 Å². The van der Waals surface area contributed by atoms with E-state index in [1.807, 2.05) is 4.90 Å². The van der Waals surface area contributed by atoms with E-state index < -0.39 is 5.82 Å². The van der Waals surface area contributed by atoms with Gasteiger partial charge in [-0.15, -0.1) is 0 Å². The third-order valence-corrected chi connectivity index (χ3v) is 4.52. The summed E-state index contributed by atoms with van der Waals surface area (Å²) in [5.74, 6) is -1.04. The third-order valence-electron chi connectivity index (χ3n) is 4.52. The average molecular weight is 320 g/mol. The van der Waals surface area contributed by atoms with Crippen LogP contribution < -0.4 is 5.32 Å². The highest BCUT2D eigenvalue weighted by Gasteiger charge is 2.37. The molecule has 3 rings (SSSR count). The van der Waals surface area contributed by atoms with Gasteiger partial charge in [0.25, 0.3) is 5.91 Å². The summed E-state index contributed by atoms with van der Waals surface area (Å²) >= 11 is 0. The molecule has 0 radical (unpaired) electrons. The average Bonchev–Trinajstić information content (AvgIpc) is 2.55. The summed E-state index contributed by atoms with van der Waals surface area (Å²) in [6, 6.07) is 4.19. The lowest BCUT2D eigenvalue weighted by Crippen LogP contribution is -2.54. The lowest BCUT2D eigenvalue weighted by atomic mass is 9.89. The van der Waals surface area contributed by atoms with E-state index in [1.54, 1.807) is 0 Å². The van der Waals surface area contributed by atoms with Crippen molar-refractivity contribution in [2.45, 2.75) is 44.8 Å². The highest BCUT2D eigenvalue weighted by Crippen LogP contribution is 2.30. The fourth-order valence-corrected chi connectivity index (χ4v) is 3.46. The van der Waals surface area contributed by atoms with Crippen molar-refractivity contribution in [3.05, 3.63) is 29.6 Å². The number of ether oxygens (including phenoxy) is 1. The van der Waals surface area contributed by atoms with Crippen molar-refractivity contribution in [2.24, 2.45) is 0 Å². The number of rotatable bonds is 2. The summed E-state index contributed by atoms with van der Waals surface area (Å²) in [6.07, 6.45) is 4.25. The third kappa shape index (κ3) is 3.37. The van der Waals surface area contributed by atoms with Crippen LogP contribution >= 0.6 is 0 Å². The second-order valence-corrected chi connectivity index (χ2v) is 6.14. The first kappa shape index (κ1) is 15.9. The summed E-state index contributed by atoms with van der Waals surface area (Å²) < 4.78 is 19.5. The molecule has 1 aliphatic carbocycles. The molecule has 2 atom stereocenters. The molecule has 6 heteroatoms. The summed E-state index contributed by atoms with van der Waals surface area (Å²) in [6.45, 7) is 2.39. The largest absolute Gasteiger partial charge is 0.374 e. The van der Waals surface area contributed by atoms with E-state index in [-0.39, 0.29) is 29.6 Å². The minimum atomic E-state index is -0.547. The molecule has 2 amide bonds. The van der Waals surface area contributed by atoms with Crippen molar-refractivity contribution >= 4 is 17.5 Å². The second-order valence-electron chi connectivity index (χ2n) is 6.14. The number of benzene rings is 1. The zero-order valence-corrected chi connectivity index (χ0v) is 13.2. The van der Waals surface area contributed by atoms with E-state index in [4.69, 9.17) is 4.74 Å². The minimum absolute atomic E-state index is 0.0387. The summed E-state index contributed by atoms with van der Waals surface area (Å²) in [4.78, 5) is 25.8. The number of fused-ring (bicyclic) bond motifs is 1. The Morgan fingerprint density at radius 2 is 2.09 bits per heavy atom. The molecule has 2 aliphatic rings. The predicted octanol–water partition coefficient (Wildman–Crippen LogP) is 2.57. The van der Waals surface area contributed by atoms with E-state index in [2.05, 4.69) is 5.32 Å². The van der Waals surface area contributed by atoms with Gasteiger partial charge in [-0.05, 0) is 31.0 Å². The maximum Gasteiger partial charge on any atom is 0.254 e. The van der Waals surface area contributed by atoms with Crippen LogP contribution in [0.4, 0.5) is 10.1 Å². The van der Waals surface area contributed by atoms with Gasteiger partial charge in [0.15, 0.2) is 0 Å². The molecule has 1 saturated carbocycles. The Balaban J connectivity index is 1.83. The molecular weight excluding hydrogens is 299 g/mol. The molecular formula is C17H21FN2O3. The Morgan fingerprint density at radius 1 is 1.30 bits per heavy atom. The number of nitrogens with zero attached hydrogens (tertiary/aromatic N) is 1. The van der Waals surface area contributed by atoms with Crippen LogP contribution in [0.3, 0.4) is 0 Å². The lowest BCUT2D eigenvalue weighted by molar-refractivity contribution is -0.114. The van der Waals surface area contributed by atoms with E-state index in [0.717, 1.165) is 25.7 Å². The maximum absolute atomic E-state index is 13.7. The first-order valence-electron chi connectivity index (χ1n) is 8.06. The Morgan fingerprint density at radius 3 is 2.87 bits per heavy atom. The fourth-order valence-electron chi connectivity index (χ4n) is 3.46. The van der Waals surface area contributed by atoms with Crippen molar-refractivity contribution in [1.29, 1.82) is 0 Å². The number of halogens is 1. The van der Waals surface area contributed by atoms with Gasteiger partial charge in [0.1, 0.15) is 5.82 Å². The van der Waals surface area contributed by atoms with Crippen LogP contribution in [0, 0.1) is 5.82 Å². The number of carbonyl (C=O) groups excluding carboxylic acids is 2. The maximum atomic E-state index is 13.7. The van der Waals surface area contributed by atoms with Crippen molar-refractivity contribution < 1.29 is 18.7 Å². The summed E-state index contributed by atoms with van der Waals surface area (Å²) in [5.41, 5.74) is 0.429. The number of hydrogen-bond acceptors (Lipinski definition) is 3. The normalized spacial score (nSPS) is 24.0. The van der Waals surface area contributed by atoms with Crippen LogP contribution in [0.25, 0.3) is 0 Å². The molecule has 0 aromatic heterocycles. The number of carbonyl (C=O) groups is 2. The van der Waals surface area contributed by atoms with Gasteiger partial charge in [0.05, 0.1) is 24.4 Å². The number of hydrogen-bond donors (Lipinski definition) is 1. The fraction of sp³-hybridized carbons (Fsp3) is 0.529. The van der Waals surface area contributed by atoms with E-state index in [1.165, 1.54) is 25.1 Å². The predicted molar refractivity (Wildman–Crippen MR) is 83.7 cm³/mol. The first-order chi connectivity index (χ1) is 11.1. The van der Waals surface area contributed by atoms with Gasteiger partial charge in [-0.2, -0.15) is 0 Å². The molecule has 0 unspecified atom stereocenters. The van der Waals surface area contributed by atoms with Gasteiger partial charge in [-0.1, -0.05) is 12.8 Å². The highest BCUT2D eigenvalue weighted by molar-refractivity contribution is 5.97. The number of amides is 2. The lowest BCUT2D eigenvalue weighted by Gasteiger charge is -2.43. The van der Waals surface area contributed by atoms with Crippen molar-refractivity contribution in [3.63, 3.8) is 0 Å². The summed E-state index contributed by atoms with van der Waals surface area (Å²) in [7, 11) is 0. The molecule has 1 N–H and O–H groups in total. The van der Waals surface area contributed by atoms with Crippen molar-refractivity contribution in [2.75, 3.05) is 18.5 Å². The molecule has 23 heavy (non-hydrogen) atoms. The molecule has 1 aromatic rings. The highest BCUT2D eigenvalue weighted by atomic mass is 19.1. The summed E-state index contributed by atoms with van der Waals surface area (Å²) in [5, 5.41) is 2.42. The SMILES string of the molecule is CC(=O)Nc1cc(C(=O)N2CCO[C@H]3CCCC[C@H]32)ccc1F. The monoisotopic (exact) mass is 320 g/mol. The molecule has 0 spiro atoms. The number of nitrogens with one attached hydrogen (secondary N) is 1. The molecule has 1 heterocycles. The van der Waals surface area contributed by atoms with Crippen LogP contribution in [0.15, 0.2) is 18.2 Å².